The third kappa shape index (κ3) is 2.27. The molecule has 0 aromatic carbocycles. The Hall–Kier alpha value is -1.36. The Morgan fingerprint density at radius 2 is 2.00 bits per heavy atom. The Kier molecular flexibility index (Phi) is 3.07. The molecule has 18 heavy (non-hydrogen) atoms. The van der Waals surface area contributed by atoms with Crippen LogP contribution in [-0.4, -0.2) is 47.1 Å². The van der Waals surface area contributed by atoms with E-state index in [1.54, 1.807) is 0 Å². The lowest BCUT2D eigenvalue weighted by Gasteiger charge is -2.24. The van der Waals surface area contributed by atoms with E-state index in [4.69, 9.17) is 5.73 Å². The van der Waals surface area contributed by atoms with Crippen LogP contribution in [0.1, 0.15) is 25.1 Å². The van der Waals surface area contributed by atoms with Crippen molar-refractivity contribution in [2.45, 2.75) is 32.2 Å². The van der Waals surface area contributed by atoms with E-state index in [1.165, 1.54) is 32.4 Å². The van der Waals surface area contributed by atoms with Crippen LogP contribution in [0.5, 0.6) is 0 Å². The van der Waals surface area contributed by atoms with E-state index in [1.807, 2.05) is 13.0 Å². The monoisotopic (exact) mass is 247 g/mol. The molecule has 3 heterocycles. The van der Waals surface area contributed by atoms with Gasteiger partial charge >= 0.3 is 0 Å². The normalized spacial score (nSPS) is 24.9. The van der Waals surface area contributed by atoms with E-state index in [-0.39, 0.29) is 0 Å². The lowest BCUT2D eigenvalue weighted by Crippen LogP contribution is -2.35. The molecule has 5 heteroatoms. The molecule has 3 rings (SSSR count). The van der Waals surface area contributed by atoms with Gasteiger partial charge in [-0.25, -0.2) is 9.97 Å². The van der Waals surface area contributed by atoms with Gasteiger partial charge in [0.1, 0.15) is 17.5 Å². The van der Waals surface area contributed by atoms with Gasteiger partial charge in [-0.05, 0) is 39.3 Å². The van der Waals surface area contributed by atoms with Crippen LogP contribution in [0.4, 0.5) is 11.6 Å². The number of rotatable bonds is 2. The highest BCUT2D eigenvalue weighted by atomic mass is 15.3. The summed E-state index contributed by atoms with van der Waals surface area (Å²) < 4.78 is 0. The first-order chi connectivity index (χ1) is 8.72. The molecule has 2 saturated heterocycles. The van der Waals surface area contributed by atoms with E-state index in [2.05, 4.69) is 19.8 Å². The second kappa shape index (κ2) is 4.72. The number of aryl methyl sites for hydroxylation is 1. The fourth-order valence-electron chi connectivity index (χ4n) is 3.09. The number of nitrogens with two attached hydrogens (primary N) is 1. The van der Waals surface area contributed by atoms with Crippen LogP contribution in [0.25, 0.3) is 0 Å². The van der Waals surface area contributed by atoms with Gasteiger partial charge in [-0.2, -0.15) is 0 Å². The zero-order valence-electron chi connectivity index (χ0n) is 11.0. The number of hydrogen-bond acceptors (Lipinski definition) is 5. The van der Waals surface area contributed by atoms with Crippen LogP contribution in [-0.2, 0) is 0 Å². The zero-order chi connectivity index (χ0) is 12.5. The van der Waals surface area contributed by atoms with Crippen LogP contribution in [0, 0.1) is 6.92 Å². The zero-order valence-corrected chi connectivity index (χ0v) is 11.0. The van der Waals surface area contributed by atoms with Crippen LogP contribution in [0.15, 0.2) is 6.07 Å². The summed E-state index contributed by atoms with van der Waals surface area (Å²) in [5.41, 5.74) is 5.80. The van der Waals surface area contributed by atoms with Crippen LogP contribution in [0.3, 0.4) is 0 Å². The molecule has 2 aliphatic rings. The van der Waals surface area contributed by atoms with Crippen molar-refractivity contribution in [2.75, 3.05) is 36.8 Å². The molecule has 5 nitrogen and oxygen atoms in total. The Bertz CT molecular complexity index is 407. The van der Waals surface area contributed by atoms with Crippen molar-refractivity contribution >= 4 is 11.6 Å². The maximum Gasteiger partial charge on any atom is 0.134 e. The van der Waals surface area contributed by atoms with Gasteiger partial charge in [0.15, 0.2) is 0 Å². The standard InChI is InChI=1S/C13H21N5/c1-10-15-12(14)8-13(16-10)18-7-4-11(9-18)17-5-2-3-6-17/h8,11H,2-7,9H2,1H3,(H2,14,15,16). The van der Waals surface area contributed by atoms with Gasteiger partial charge in [0.25, 0.3) is 0 Å². The smallest absolute Gasteiger partial charge is 0.134 e. The van der Waals surface area contributed by atoms with E-state index < -0.39 is 0 Å². The first-order valence-corrected chi connectivity index (χ1v) is 6.82. The Morgan fingerprint density at radius 3 is 2.72 bits per heavy atom. The first-order valence-electron chi connectivity index (χ1n) is 6.82. The highest BCUT2D eigenvalue weighted by molar-refractivity contribution is 5.47. The molecule has 0 saturated carbocycles. The second-order valence-corrected chi connectivity index (χ2v) is 5.33. The molecular formula is C13H21N5. The Morgan fingerprint density at radius 1 is 1.22 bits per heavy atom. The second-order valence-electron chi connectivity index (χ2n) is 5.33. The molecule has 1 unspecified atom stereocenters. The SMILES string of the molecule is Cc1nc(N)cc(N2CCC(N3CCCC3)C2)n1. The Balaban J connectivity index is 1.70. The van der Waals surface area contributed by atoms with Crippen molar-refractivity contribution in [1.29, 1.82) is 0 Å². The van der Waals surface area contributed by atoms with E-state index in [0.717, 1.165) is 24.7 Å². The molecule has 2 aliphatic heterocycles. The molecule has 0 spiro atoms. The molecule has 1 aromatic rings. The lowest BCUT2D eigenvalue weighted by molar-refractivity contribution is 0.260. The summed E-state index contributed by atoms with van der Waals surface area (Å²) in [4.78, 5) is 13.6. The third-order valence-electron chi connectivity index (χ3n) is 3.99. The molecule has 98 valence electrons. The summed E-state index contributed by atoms with van der Waals surface area (Å²) in [7, 11) is 0. The summed E-state index contributed by atoms with van der Waals surface area (Å²) in [5, 5.41) is 0. The number of nitrogen functional groups attached to an aromatic ring is 1. The minimum atomic E-state index is 0.571. The van der Waals surface area contributed by atoms with Crippen molar-refractivity contribution in [3.8, 4) is 0 Å². The van der Waals surface area contributed by atoms with Crippen LogP contribution in [0.2, 0.25) is 0 Å². The van der Waals surface area contributed by atoms with Crippen molar-refractivity contribution in [2.24, 2.45) is 0 Å². The van der Waals surface area contributed by atoms with Crippen LogP contribution >= 0.6 is 0 Å². The quantitative estimate of drug-likeness (QED) is 0.846. The molecular weight excluding hydrogens is 226 g/mol. The van der Waals surface area contributed by atoms with Gasteiger partial charge in [-0.3, -0.25) is 4.90 Å². The average molecular weight is 247 g/mol. The summed E-state index contributed by atoms with van der Waals surface area (Å²) in [6, 6.07) is 2.59. The maximum atomic E-state index is 5.80. The van der Waals surface area contributed by atoms with Gasteiger partial charge in [0.05, 0.1) is 0 Å². The van der Waals surface area contributed by atoms with Crippen LogP contribution < -0.4 is 10.6 Å². The largest absolute Gasteiger partial charge is 0.384 e. The molecule has 0 amide bonds. The van der Waals surface area contributed by atoms with E-state index in [0.29, 0.717) is 11.9 Å². The number of nitrogens with zero attached hydrogens (tertiary/aromatic N) is 4. The van der Waals surface area contributed by atoms with Crippen molar-refractivity contribution in [3.05, 3.63) is 11.9 Å². The van der Waals surface area contributed by atoms with Gasteiger partial charge in [0.2, 0.25) is 0 Å². The number of hydrogen-bond donors (Lipinski definition) is 1. The number of anilines is 2. The molecule has 2 fully saturated rings. The summed E-state index contributed by atoms with van der Waals surface area (Å²) >= 11 is 0. The maximum absolute atomic E-state index is 5.80. The number of likely N-dealkylation sites (tertiary alicyclic amines) is 1. The third-order valence-corrected chi connectivity index (χ3v) is 3.99. The van der Waals surface area contributed by atoms with Crippen molar-refractivity contribution < 1.29 is 0 Å². The topological polar surface area (TPSA) is 58.3 Å². The minimum Gasteiger partial charge on any atom is -0.384 e. The summed E-state index contributed by atoms with van der Waals surface area (Å²) in [6.45, 7) is 6.59. The van der Waals surface area contributed by atoms with E-state index in [9.17, 15) is 0 Å². The summed E-state index contributed by atoms with van der Waals surface area (Å²) in [5.74, 6) is 2.32. The Labute approximate surface area is 108 Å². The predicted molar refractivity (Wildman–Crippen MR) is 72.6 cm³/mol. The van der Waals surface area contributed by atoms with Crippen molar-refractivity contribution in [1.82, 2.24) is 14.9 Å². The molecule has 1 atom stereocenters. The van der Waals surface area contributed by atoms with Gasteiger partial charge in [0, 0.05) is 25.2 Å². The number of aromatic nitrogens is 2. The molecule has 0 aliphatic carbocycles. The minimum absolute atomic E-state index is 0.571. The first kappa shape index (κ1) is 11.7. The predicted octanol–water partition coefficient (Wildman–Crippen LogP) is 1.04. The molecule has 0 bridgehead atoms. The highest BCUT2D eigenvalue weighted by Gasteiger charge is 2.29. The average Bonchev–Trinajstić information content (AvgIpc) is 2.99. The fourth-order valence-corrected chi connectivity index (χ4v) is 3.09. The van der Waals surface area contributed by atoms with E-state index >= 15 is 0 Å². The molecule has 0 radical (unpaired) electrons. The molecule has 1 aromatic heterocycles. The van der Waals surface area contributed by atoms with Crippen molar-refractivity contribution in [3.63, 3.8) is 0 Å². The lowest BCUT2D eigenvalue weighted by atomic mass is 10.2. The van der Waals surface area contributed by atoms with Gasteiger partial charge in [-0.15, -0.1) is 0 Å². The molecule has 2 N–H and O–H groups in total. The van der Waals surface area contributed by atoms with Gasteiger partial charge in [-0.1, -0.05) is 0 Å². The van der Waals surface area contributed by atoms with Gasteiger partial charge < -0.3 is 10.6 Å². The fraction of sp³-hybridized carbons (Fsp3) is 0.692. The highest BCUT2D eigenvalue weighted by Crippen LogP contribution is 2.24. The summed E-state index contributed by atoms with van der Waals surface area (Å²) in [6.07, 6.45) is 3.95.